The molecule has 0 amide bonds. The number of rotatable bonds is 6. The van der Waals surface area contributed by atoms with Crippen molar-refractivity contribution in [2.45, 2.75) is 20.0 Å². The Balaban J connectivity index is 1.86. The molecule has 2 rings (SSSR count). The molecule has 0 saturated carbocycles. The van der Waals surface area contributed by atoms with Gasteiger partial charge in [0.05, 0.1) is 6.54 Å². The summed E-state index contributed by atoms with van der Waals surface area (Å²) >= 11 is 3.48. The summed E-state index contributed by atoms with van der Waals surface area (Å²) in [5.41, 5.74) is 1.19. The largest absolute Gasteiger partial charge is 0.357 e. The first-order chi connectivity index (χ1) is 10.3. The van der Waals surface area contributed by atoms with Crippen LogP contribution in [-0.2, 0) is 13.1 Å². The SMILES string of the molecule is CCNC(=NCc1cccc(Br)c1)NCCn1cccc1. The summed E-state index contributed by atoms with van der Waals surface area (Å²) in [5.74, 6) is 0.852. The van der Waals surface area contributed by atoms with Crippen LogP contribution < -0.4 is 10.6 Å². The molecule has 5 heteroatoms. The van der Waals surface area contributed by atoms with Crippen LogP contribution in [0.2, 0.25) is 0 Å². The van der Waals surface area contributed by atoms with Gasteiger partial charge in [-0.2, -0.15) is 0 Å². The Hall–Kier alpha value is -1.75. The lowest BCUT2D eigenvalue weighted by molar-refractivity contribution is 0.666. The molecule has 0 aliphatic rings. The molecule has 0 fully saturated rings. The quantitative estimate of drug-likeness (QED) is 0.622. The van der Waals surface area contributed by atoms with Gasteiger partial charge in [0, 0.05) is 36.5 Å². The number of halogens is 1. The monoisotopic (exact) mass is 348 g/mol. The zero-order chi connectivity index (χ0) is 14.9. The first kappa shape index (κ1) is 15.6. The van der Waals surface area contributed by atoms with Crippen LogP contribution in [0.5, 0.6) is 0 Å². The zero-order valence-electron chi connectivity index (χ0n) is 12.2. The van der Waals surface area contributed by atoms with E-state index in [2.05, 4.69) is 67.6 Å². The van der Waals surface area contributed by atoms with Gasteiger partial charge >= 0.3 is 0 Å². The summed E-state index contributed by atoms with van der Waals surface area (Å²) in [7, 11) is 0. The van der Waals surface area contributed by atoms with E-state index in [4.69, 9.17) is 0 Å². The van der Waals surface area contributed by atoms with Crippen molar-refractivity contribution in [3.8, 4) is 0 Å². The maximum atomic E-state index is 4.61. The van der Waals surface area contributed by atoms with Crippen LogP contribution in [0.3, 0.4) is 0 Å². The molecule has 0 radical (unpaired) electrons. The van der Waals surface area contributed by atoms with Crippen molar-refractivity contribution in [2.24, 2.45) is 4.99 Å². The van der Waals surface area contributed by atoms with Crippen LogP contribution in [0.4, 0.5) is 0 Å². The topological polar surface area (TPSA) is 41.4 Å². The van der Waals surface area contributed by atoms with Crippen LogP contribution in [0.1, 0.15) is 12.5 Å². The second kappa shape index (κ2) is 8.52. The minimum Gasteiger partial charge on any atom is -0.357 e. The minimum absolute atomic E-state index is 0.665. The van der Waals surface area contributed by atoms with E-state index in [1.54, 1.807) is 0 Å². The van der Waals surface area contributed by atoms with Crippen LogP contribution >= 0.6 is 15.9 Å². The third-order valence-corrected chi connectivity index (χ3v) is 3.47. The van der Waals surface area contributed by atoms with Crippen LogP contribution in [0.25, 0.3) is 0 Å². The van der Waals surface area contributed by atoms with Crippen molar-refractivity contribution in [2.75, 3.05) is 13.1 Å². The van der Waals surface area contributed by atoms with E-state index in [0.29, 0.717) is 6.54 Å². The molecule has 0 aliphatic carbocycles. The normalized spacial score (nSPS) is 11.4. The molecule has 1 aromatic carbocycles. The van der Waals surface area contributed by atoms with E-state index in [1.165, 1.54) is 5.56 Å². The Labute approximate surface area is 134 Å². The maximum absolute atomic E-state index is 4.61. The summed E-state index contributed by atoms with van der Waals surface area (Å²) in [4.78, 5) is 4.61. The first-order valence-corrected chi connectivity index (χ1v) is 7.94. The fourth-order valence-corrected chi connectivity index (χ4v) is 2.42. The lowest BCUT2D eigenvalue weighted by Crippen LogP contribution is -2.38. The predicted molar refractivity (Wildman–Crippen MR) is 91.4 cm³/mol. The molecule has 0 spiro atoms. The van der Waals surface area contributed by atoms with Crippen LogP contribution in [0, 0.1) is 0 Å². The minimum atomic E-state index is 0.665. The molecule has 0 atom stereocenters. The third kappa shape index (κ3) is 5.63. The van der Waals surface area contributed by atoms with Gasteiger partial charge in [0.2, 0.25) is 0 Å². The molecular formula is C16H21BrN4. The number of nitrogens with one attached hydrogen (secondary N) is 2. The number of guanidine groups is 1. The summed E-state index contributed by atoms with van der Waals surface area (Å²) in [6.07, 6.45) is 4.13. The molecule has 112 valence electrons. The van der Waals surface area contributed by atoms with E-state index in [-0.39, 0.29) is 0 Å². The number of aliphatic imine (C=N–C) groups is 1. The van der Waals surface area contributed by atoms with E-state index in [0.717, 1.165) is 30.1 Å². The van der Waals surface area contributed by atoms with Crippen molar-refractivity contribution in [1.29, 1.82) is 0 Å². The average molecular weight is 349 g/mol. The fourth-order valence-electron chi connectivity index (χ4n) is 1.97. The standard InChI is InChI=1S/C16H21BrN4/c1-2-18-16(19-8-11-21-9-3-4-10-21)20-13-14-6-5-7-15(17)12-14/h3-7,9-10,12H,2,8,11,13H2,1H3,(H2,18,19,20). The number of hydrogen-bond acceptors (Lipinski definition) is 1. The van der Waals surface area contributed by atoms with Crippen molar-refractivity contribution in [3.63, 3.8) is 0 Å². The molecule has 1 heterocycles. The van der Waals surface area contributed by atoms with E-state index in [1.807, 2.05) is 24.3 Å². The highest BCUT2D eigenvalue weighted by Gasteiger charge is 1.98. The molecule has 2 N–H and O–H groups in total. The van der Waals surface area contributed by atoms with Crippen molar-refractivity contribution >= 4 is 21.9 Å². The van der Waals surface area contributed by atoms with Gasteiger partial charge < -0.3 is 15.2 Å². The lowest BCUT2D eigenvalue weighted by Gasteiger charge is -2.11. The van der Waals surface area contributed by atoms with E-state index < -0.39 is 0 Å². The number of aromatic nitrogens is 1. The number of benzene rings is 1. The van der Waals surface area contributed by atoms with Gasteiger partial charge in [-0.15, -0.1) is 0 Å². The van der Waals surface area contributed by atoms with Gasteiger partial charge in [-0.05, 0) is 36.8 Å². The summed E-state index contributed by atoms with van der Waals surface area (Å²) < 4.78 is 3.23. The molecule has 2 aromatic rings. The number of hydrogen-bond donors (Lipinski definition) is 2. The summed E-state index contributed by atoms with van der Waals surface area (Å²) in [6, 6.07) is 12.3. The molecule has 0 saturated heterocycles. The third-order valence-electron chi connectivity index (χ3n) is 2.98. The highest BCUT2D eigenvalue weighted by Crippen LogP contribution is 2.12. The second-order valence-corrected chi connectivity index (χ2v) is 5.59. The van der Waals surface area contributed by atoms with Crippen LogP contribution in [0.15, 0.2) is 58.3 Å². The van der Waals surface area contributed by atoms with Crippen LogP contribution in [-0.4, -0.2) is 23.6 Å². The Morgan fingerprint density at radius 1 is 1.19 bits per heavy atom. The fraction of sp³-hybridized carbons (Fsp3) is 0.312. The average Bonchev–Trinajstić information content (AvgIpc) is 2.98. The Morgan fingerprint density at radius 2 is 2.00 bits per heavy atom. The first-order valence-electron chi connectivity index (χ1n) is 7.15. The molecule has 0 unspecified atom stereocenters. The predicted octanol–water partition coefficient (Wildman–Crippen LogP) is 3.01. The molecule has 21 heavy (non-hydrogen) atoms. The summed E-state index contributed by atoms with van der Waals surface area (Å²) in [5, 5.41) is 6.62. The van der Waals surface area contributed by atoms with Crippen molar-refractivity contribution in [1.82, 2.24) is 15.2 Å². The Kier molecular flexibility index (Phi) is 6.34. The number of nitrogens with zero attached hydrogens (tertiary/aromatic N) is 2. The smallest absolute Gasteiger partial charge is 0.191 e. The van der Waals surface area contributed by atoms with Crippen molar-refractivity contribution < 1.29 is 0 Å². The molecule has 1 aromatic heterocycles. The van der Waals surface area contributed by atoms with Gasteiger partial charge in [0.15, 0.2) is 5.96 Å². The van der Waals surface area contributed by atoms with Gasteiger partial charge in [0.1, 0.15) is 0 Å². The maximum Gasteiger partial charge on any atom is 0.191 e. The Bertz CT molecular complexity index is 563. The Morgan fingerprint density at radius 3 is 2.71 bits per heavy atom. The second-order valence-electron chi connectivity index (χ2n) is 4.67. The highest BCUT2D eigenvalue weighted by atomic mass is 79.9. The molecular weight excluding hydrogens is 328 g/mol. The van der Waals surface area contributed by atoms with E-state index >= 15 is 0 Å². The van der Waals surface area contributed by atoms with Gasteiger partial charge in [-0.3, -0.25) is 0 Å². The molecule has 4 nitrogen and oxygen atoms in total. The highest BCUT2D eigenvalue weighted by molar-refractivity contribution is 9.10. The van der Waals surface area contributed by atoms with Gasteiger partial charge in [-0.25, -0.2) is 4.99 Å². The van der Waals surface area contributed by atoms with Gasteiger partial charge in [0.25, 0.3) is 0 Å². The molecule has 0 aliphatic heterocycles. The van der Waals surface area contributed by atoms with E-state index in [9.17, 15) is 0 Å². The van der Waals surface area contributed by atoms with Crippen molar-refractivity contribution in [3.05, 3.63) is 58.8 Å². The lowest BCUT2D eigenvalue weighted by atomic mass is 10.2. The zero-order valence-corrected chi connectivity index (χ0v) is 13.8. The summed E-state index contributed by atoms with van der Waals surface area (Å²) in [6.45, 7) is 5.36. The van der Waals surface area contributed by atoms with Gasteiger partial charge in [-0.1, -0.05) is 28.1 Å². The molecule has 0 bridgehead atoms.